The molecule has 0 saturated carbocycles. The molecule has 1 aliphatic rings. The SMILES string of the molecule is Cc1ccc(OCCCC(=O)N2CCC(C(N)=O)CC2)cc1. The highest BCUT2D eigenvalue weighted by Crippen LogP contribution is 2.18. The molecule has 1 aromatic carbocycles. The molecule has 0 aromatic heterocycles. The van der Waals surface area contributed by atoms with Gasteiger partial charge in [0.2, 0.25) is 11.8 Å². The summed E-state index contributed by atoms with van der Waals surface area (Å²) in [6.45, 7) is 3.83. The van der Waals surface area contributed by atoms with Crippen LogP contribution in [0.2, 0.25) is 0 Å². The molecule has 5 heteroatoms. The lowest BCUT2D eigenvalue weighted by Gasteiger charge is -2.30. The van der Waals surface area contributed by atoms with Crippen molar-refractivity contribution < 1.29 is 14.3 Å². The topological polar surface area (TPSA) is 72.6 Å². The Hall–Kier alpha value is -2.04. The molecule has 1 fully saturated rings. The van der Waals surface area contributed by atoms with E-state index in [2.05, 4.69) is 0 Å². The van der Waals surface area contributed by atoms with E-state index in [0.29, 0.717) is 45.4 Å². The Morgan fingerprint density at radius 3 is 2.45 bits per heavy atom. The van der Waals surface area contributed by atoms with E-state index in [0.717, 1.165) is 5.75 Å². The van der Waals surface area contributed by atoms with Crippen LogP contribution in [0, 0.1) is 12.8 Å². The maximum Gasteiger partial charge on any atom is 0.222 e. The van der Waals surface area contributed by atoms with Crippen molar-refractivity contribution in [2.45, 2.75) is 32.6 Å². The van der Waals surface area contributed by atoms with Gasteiger partial charge in [0.15, 0.2) is 0 Å². The average Bonchev–Trinajstić information content (AvgIpc) is 2.53. The molecular weight excluding hydrogens is 280 g/mol. The number of carbonyl (C=O) groups is 2. The predicted molar refractivity (Wildman–Crippen MR) is 84.4 cm³/mol. The minimum atomic E-state index is -0.251. The van der Waals surface area contributed by atoms with Gasteiger partial charge in [0, 0.05) is 25.4 Å². The van der Waals surface area contributed by atoms with Gasteiger partial charge in [0.25, 0.3) is 0 Å². The lowest BCUT2D eigenvalue weighted by Crippen LogP contribution is -2.41. The summed E-state index contributed by atoms with van der Waals surface area (Å²) in [6, 6.07) is 7.88. The molecule has 1 heterocycles. The van der Waals surface area contributed by atoms with E-state index < -0.39 is 0 Å². The predicted octanol–water partition coefficient (Wildman–Crippen LogP) is 1.88. The molecule has 1 aromatic rings. The van der Waals surface area contributed by atoms with Gasteiger partial charge in [0.1, 0.15) is 5.75 Å². The Kier molecular flexibility index (Phi) is 5.81. The van der Waals surface area contributed by atoms with Crippen LogP contribution in [0.3, 0.4) is 0 Å². The summed E-state index contributed by atoms with van der Waals surface area (Å²) >= 11 is 0. The van der Waals surface area contributed by atoms with Crippen molar-refractivity contribution in [3.05, 3.63) is 29.8 Å². The largest absolute Gasteiger partial charge is 0.494 e. The molecule has 1 saturated heterocycles. The first-order valence-corrected chi connectivity index (χ1v) is 7.83. The molecule has 0 radical (unpaired) electrons. The zero-order valence-corrected chi connectivity index (χ0v) is 13.1. The number of aryl methyl sites for hydroxylation is 1. The number of amides is 2. The third-order valence-corrected chi connectivity index (χ3v) is 4.07. The summed E-state index contributed by atoms with van der Waals surface area (Å²) in [5, 5.41) is 0. The number of rotatable bonds is 6. The van der Waals surface area contributed by atoms with Gasteiger partial charge in [-0.1, -0.05) is 17.7 Å². The monoisotopic (exact) mass is 304 g/mol. The van der Waals surface area contributed by atoms with Gasteiger partial charge in [-0.15, -0.1) is 0 Å². The molecule has 1 aliphatic heterocycles. The number of ether oxygens (including phenoxy) is 1. The number of carbonyl (C=O) groups excluding carboxylic acids is 2. The highest BCUT2D eigenvalue weighted by Gasteiger charge is 2.25. The molecule has 0 unspecified atom stereocenters. The van der Waals surface area contributed by atoms with Gasteiger partial charge in [-0.3, -0.25) is 9.59 Å². The second-order valence-electron chi connectivity index (χ2n) is 5.82. The number of likely N-dealkylation sites (tertiary alicyclic amines) is 1. The van der Waals surface area contributed by atoms with Crippen LogP contribution >= 0.6 is 0 Å². The summed E-state index contributed by atoms with van der Waals surface area (Å²) in [5.74, 6) is 0.642. The first-order valence-electron chi connectivity index (χ1n) is 7.83. The van der Waals surface area contributed by atoms with Crippen LogP contribution in [0.5, 0.6) is 5.75 Å². The third kappa shape index (κ3) is 4.76. The maximum atomic E-state index is 12.1. The fourth-order valence-corrected chi connectivity index (χ4v) is 2.62. The number of nitrogens with two attached hydrogens (primary N) is 1. The molecule has 0 atom stereocenters. The van der Waals surface area contributed by atoms with Crippen LogP contribution in [0.15, 0.2) is 24.3 Å². The van der Waals surface area contributed by atoms with Gasteiger partial charge in [0.05, 0.1) is 6.61 Å². The number of nitrogens with zero attached hydrogens (tertiary/aromatic N) is 1. The highest BCUT2D eigenvalue weighted by molar-refractivity contribution is 5.78. The Morgan fingerprint density at radius 1 is 1.23 bits per heavy atom. The van der Waals surface area contributed by atoms with Crippen LogP contribution in [-0.4, -0.2) is 36.4 Å². The maximum absolute atomic E-state index is 12.1. The van der Waals surface area contributed by atoms with E-state index in [4.69, 9.17) is 10.5 Å². The minimum Gasteiger partial charge on any atom is -0.494 e. The molecule has 0 bridgehead atoms. The van der Waals surface area contributed by atoms with Crippen LogP contribution in [0.25, 0.3) is 0 Å². The van der Waals surface area contributed by atoms with Crippen molar-refractivity contribution in [2.75, 3.05) is 19.7 Å². The average molecular weight is 304 g/mol. The second-order valence-corrected chi connectivity index (χ2v) is 5.82. The van der Waals surface area contributed by atoms with Crippen LogP contribution in [-0.2, 0) is 9.59 Å². The van der Waals surface area contributed by atoms with E-state index in [1.54, 1.807) is 0 Å². The smallest absolute Gasteiger partial charge is 0.222 e. The highest BCUT2D eigenvalue weighted by atomic mass is 16.5. The lowest BCUT2D eigenvalue weighted by molar-refractivity contribution is -0.135. The van der Waals surface area contributed by atoms with E-state index in [9.17, 15) is 9.59 Å². The van der Waals surface area contributed by atoms with Crippen LogP contribution in [0.1, 0.15) is 31.2 Å². The lowest BCUT2D eigenvalue weighted by atomic mass is 9.96. The number of hydrogen-bond acceptors (Lipinski definition) is 3. The summed E-state index contributed by atoms with van der Waals surface area (Å²) in [6.07, 6.45) is 2.54. The number of primary amides is 1. The normalized spacial score (nSPS) is 15.6. The Bertz CT molecular complexity index is 505. The summed E-state index contributed by atoms with van der Waals surface area (Å²) in [7, 11) is 0. The Labute approximate surface area is 131 Å². The Balaban J connectivity index is 1.64. The van der Waals surface area contributed by atoms with E-state index >= 15 is 0 Å². The van der Waals surface area contributed by atoms with Crippen LogP contribution in [0.4, 0.5) is 0 Å². The van der Waals surface area contributed by atoms with Gasteiger partial charge in [-0.05, 0) is 38.3 Å². The first kappa shape index (κ1) is 16.3. The van der Waals surface area contributed by atoms with Gasteiger partial charge in [-0.25, -0.2) is 0 Å². The van der Waals surface area contributed by atoms with Crippen molar-refractivity contribution >= 4 is 11.8 Å². The molecule has 2 rings (SSSR count). The molecule has 2 amide bonds. The number of piperidine rings is 1. The standard InChI is InChI=1S/C17H24N2O3/c1-13-4-6-15(7-5-13)22-12-2-3-16(20)19-10-8-14(9-11-19)17(18)21/h4-7,14H,2-3,8-12H2,1H3,(H2,18,21). The third-order valence-electron chi connectivity index (χ3n) is 4.07. The second kappa shape index (κ2) is 7.82. The molecule has 0 aliphatic carbocycles. The summed E-state index contributed by atoms with van der Waals surface area (Å²) < 4.78 is 5.62. The molecule has 5 nitrogen and oxygen atoms in total. The first-order chi connectivity index (χ1) is 10.6. The summed E-state index contributed by atoms with van der Waals surface area (Å²) in [4.78, 5) is 25.0. The Morgan fingerprint density at radius 2 is 1.86 bits per heavy atom. The molecule has 2 N–H and O–H groups in total. The van der Waals surface area contributed by atoms with Crippen molar-refractivity contribution in [3.8, 4) is 5.75 Å². The van der Waals surface area contributed by atoms with Crippen molar-refractivity contribution in [1.82, 2.24) is 4.90 Å². The number of benzene rings is 1. The fraction of sp³-hybridized carbons (Fsp3) is 0.529. The molecular formula is C17H24N2O3. The van der Waals surface area contributed by atoms with Crippen molar-refractivity contribution in [3.63, 3.8) is 0 Å². The van der Waals surface area contributed by atoms with E-state index in [-0.39, 0.29) is 17.7 Å². The van der Waals surface area contributed by atoms with Gasteiger partial charge >= 0.3 is 0 Å². The molecule has 120 valence electrons. The van der Waals surface area contributed by atoms with Gasteiger partial charge in [-0.2, -0.15) is 0 Å². The zero-order valence-electron chi connectivity index (χ0n) is 13.1. The van der Waals surface area contributed by atoms with Crippen molar-refractivity contribution in [1.29, 1.82) is 0 Å². The quantitative estimate of drug-likeness (QED) is 0.816. The fourth-order valence-electron chi connectivity index (χ4n) is 2.62. The van der Waals surface area contributed by atoms with E-state index in [1.807, 2.05) is 36.1 Å². The van der Waals surface area contributed by atoms with Crippen molar-refractivity contribution in [2.24, 2.45) is 11.7 Å². The molecule has 0 spiro atoms. The van der Waals surface area contributed by atoms with Gasteiger partial charge < -0.3 is 15.4 Å². The minimum absolute atomic E-state index is 0.0751. The number of hydrogen-bond donors (Lipinski definition) is 1. The van der Waals surface area contributed by atoms with Crippen LogP contribution < -0.4 is 10.5 Å². The van der Waals surface area contributed by atoms with E-state index in [1.165, 1.54) is 5.56 Å². The summed E-state index contributed by atoms with van der Waals surface area (Å²) in [5.41, 5.74) is 6.49. The zero-order chi connectivity index (χ0) is 15.9. The molecule has 22 heavy (non-hydrogen) atoms.